The minimum Gasteiger partial charge on any atom is -0.452 e. The molecule has 1 fully saturated rings. The summed E-state index contributed by atoms with van der Waals surface area (Å²) in [5, 5.41) is 3.05. The molecule has 0 spiro atoms. The van der Waals surface area contributed by atoms with E-state index in [9.17, 15) is 9.59 Å². The van der Waals surface area contributed by atoms with Gasteiger partial charge in [0.05, 0.1) is 5.56 Å². The zero-order valence-corrected chi connectivity index (χ0v) is 18.1. The van der Waals surface area contributed by atoms with Gasteiger partial charge in [-0.05, 0) is 57.2 Å². The summed E-state index contributed by atoms with van der Waals surface area (Å²) in [7, 11) is 0. The number of carbonyl (C=O) groups is 2. The second kappa shape index (κ2) is 8.85. The van der Waals surface area contributed by atoms with E-state index in [0.717, 1.165) is 29.9 Å². The third-order valence-electron chi connectivity index (χ3n) is 6.33. The van der Waals surface area contributed by atoms with Gasteiger partial charge in [-0.1, -0.05) is 44.4 Å². The molecule has 1 heterocycles. The molecule has 1 aromatic carbocycles. The number of nitrogens with one attached hydrogen (secondary N) is 1. The van der Waals surface area contributed by atoms with Crippen LogP contribution in [0.15, 0.2) is 30.3 Å². The quantitative estimate of drug-likeness (QED) is 0.757. The molecule has 0 unspecified atom stereocenters. The predicted molar refractivity (Wildman–Crippen MR) is 114 cm³/mol. The number of aryl methyl sites for hydroxylation is 2. The summed E-state index contributed by atoms with van der Waals surface area (Å²) >= 11 is 0. The summed E-state index contributed by atoms with van der Waals surface area (Å²) in [6.45, 7) is 10.1. The van der Waals surface area contributed by atoms with E-state index >= 15 is 0 Å². The van der Waals surface area contributed by atoms with Crippen molar-refractivity contribution in [1.29, 1.82) is 0 Å². The molecular weight excluding hydrogens is 364 g/mol. The van der Waals surface area contributed by atoms with E-state index in [4.69, 9.17) is 4.74 Å². The number of carbonyl (C=O) groups excluding carboxylic acids is 2. The van der Waals surface area contributed by atoms with Crippen molar-refractivity contribution in [3.05, 3.63) is 52.8 Å². The lowest BCUT2D eigenvalue weighted by atomic mass is 9.78. The van der Waals surface area contributed by atoms with E-state index in [2.05, 4.69) is 19.2 Å². The molecular formula is C24H32N2O3. The van der Waals surface area contributed by atoms with Gasteiger partial charge in [0.25, 0.3) is 5.91 Å². The topological polar surface area (TPSA) is 60.3 Å². The number of hydrogen-bond acceptors (Lipinski definition) is 3. The van der Waals surface area contributed by atoms with Crippen molar-refractivity contribution in [2.45, 2.75) is 59.9 Å². The lowest BCUT2D eigenvalue weighted by molar-refractivity contribution is -0.125. The summed E-state index contributed by atoms with van der Waals surface area (Å²) in [4.78, 5) is 24.9. The molecule has 29 heavy (non-hydrogen) atoms. The van der Waals surface area contributed by atoms with E-state index in [1.165, 1.54) is 12.0 Å². The molecule has 1 amide bonds. The maximum atomic E-state index is 12.6. The summed E-state index contributed by atoms with van der Waals surface area (Å²) in [5.74, 6) is 0.355. The van der Waals surface area contributed by atoms with Crippen LogP contribution in [0, 0.1) is 32.6 Å². The van der Waals surface area contributed by atoms with Crippen LogP contribution in [-0.2, 0) is 9.53 Å². The number of aromatic nitrogens is 1. The molecule has 3 atom stereocenters. The third-order valence-corrected chi connectivity index (χ3v) is 6.33. The number of hydrogen-bond donors (Lipinski definition) is 1. The van der Waals surface area contributed by atoms with Crippen molar-refractivity contribution in [2.75, 3.05) is 6.61 Å². The van der Waals surface area contributed by atoms with Crippen LogP contribution >= 0.6 is 0 Å². The molecule has 156 valence electrons. The Morgan fingerprint density at radius 2 is 1.79 bits per heavy atom. The van der Waals surface area contributed by atoms with Crippen LogP contribution in [-0.4, -0.2) is 29.1 Å². The largest absolute Gasteiger partial charge is 0.452 e. The number of benzene rings is 1. The fourth-order valence-electron chi connectivity index (χ4n) is 4.30. The molecule has 2 aromatic rings. The van der Waals surface area contributed by atoms with Crippen molar-refractivity contribution in [3.63, 3.8) is 0 Å². The maximum Gasteiger partial charge on any atom is 0.340 e. The first kappa shape index (κ1) is 21.2. The molecule has 3 rings (SSSR count). The van der Waals surface area contributed by atoms with Gasteiger partial charge in [0.15, 0.2) is 6.61 Å². The van der Waals surface area contributed by atoms with E-state index in [1.807, 2.05) is 55.7 Å². The summed E-state index contributed by atoms with van der Waals surface area (Å²) < 4.78 is 7.36. The first-order valence-corrected chi connectivity index (χ1v) is 10.5. The van der Waals surface area contributed by atoms with Crippen molar-refractivity contribution in [1.82, 2.24) is 9.88 Å². The van der Waals surface area contributed by atoms with Crippen molar-refractivity contribution >= 4 is 11.9 Å². The molecule has 0 saturated heterocycles. The summed E-state index contributed by atoms with van der Waals surface area (Å²) in [5.41, 5.74) is 4.45. The van der Waals surface area contributed by atoms with Gasteiger partial charge in [0.1, 0.15) is 0 Å². The van der Waals surface area contributed by atoms with Crippen molar-refractivity contribution in [2.24, 2.45) is 11.8 Å². The second-order valence-electron chi connectivity index (χ2n) is 8.47. The van der Waals surface area contributed by atoms with Gasteiger partial charge in [-0.15, -0.1) is 0 Å². The number of rotatable bonds is 5. The van der Waals surface area contributed by atoms with Crippen LogP contribution in [0.4, 0.5) is 0 Å². The van der Waals surface area contributed by atoms with Gasteiger partial charge in [0, 0.05) is 23.1 Å². The molecule has 0 radical (unpaired) electrons. The normalized spacial score (nSPS) is 21.6. The first-order chi connectivity index (χ1) is 13.8. The van der Waals surface area contributed by atoms with E-state index in [0.29, 0.717) is 17.4 Å². The highest BCUT2D eigenvalue weighted by atomic mass is 16.5. The van der Waals surface area contributed by atoms with Gasteiger partial charge >= 0.3 is 5.97 Å². The fraction of sp³-hybridized carbons (Fsp3) is 0.500. The maximum absolute atomic E-state index is 12.6. The van der Waals surface area contributed by atoms with Crippen molar-refractivity contribution < 1.29 is 14.3 Å². The Morgan fingerprint density at radius 1 is 1.10 bits per heavy atom. The lowest BCUT2D eigenvalue weighted by Crippen LogP contribution is -2.45. The zero-order chi connectivity index (χ0) is 21.1. The van der Waals surface area contributed by atoms with Crippen LogP contribution < -0.4 is 5.32 Å². The van der Waals surface area contributed by atoms with Gasteiger partial charge < -0.3 is 14.6 Å². The van der Waals surface area contributed by atoms with Gasteiger partial charge in [-0.25, -0.2) is 4.79 Å². The van der Waals surface area contributed by atoms with Crippen LogP contribution in [0.3, 0.4) is 0 Å². The second-order valence-corrected chi connectivity index (χ2v) is 8.47. The highest BCUT2D eigenvalue weighted by Gasteiger charge is 2.28. The van der Waals surface area contributed by atoms with E-state index < -0.39 is 5.97 Å². The fourth-order valence-corrected chi connectivity index (χ4v) is 4.30. The average Bonchev–Trinajstić information content (AvgIpc) is 2.99. The van der Waals surface area contributed by atoms with Crippen molar-refractivity contribution in [3.8, 4) is 5.69 Å². The number of nitrogens with zero attached hydrogens (tertiary/aromatic N) is 1. The SMILES string of the molecule is Cc1ccc(-n2c(C)cc(C(=O)OCC(=O)N[C@H]3CCC[C@H](C)[C@@H]3C)c2C)cc1. The molecule has 0 bridgehead atoms. The molecule has 1 N–H and O–H groups in total. The Hall–Kier alpha value is -2.56. The molecule has 0 aliphatic heterocycles. The Kier molecular flexibility index (Phi) is 6.46. The third kappa shape index (κ3) is 4.72. The highest BCUT2D eigenvalue weighted by Crippen LogP contribution is 2.29. The summed E-state index contributed by atoms with van der Waals surface area (Å²) in [6.07, 6.45) is 3.32. The smallest absolute Gasteiger partial charge is 0.340 e. The number of amides is 1. The zero-order valence-electron chi connectivity index (χ0n) is 18.1. The Bertz CT molecular complexity index is 882. The molecule has 1 aliphatic rings. The minimum atomic E-state index is -0.461. The van der Waals surface area contributed by atoms with Crippen LogP contribution in [0.25, 0.3) is 5.69 Å². The average molecular weight is 397 g/mol. The highest BCUT2D eigenvalue weighted by molar-refractivity contribution is 5.93. The first-order valence-electron chi connectivity index (χ1n) is 10.5. The Labute approximate surface area is 173 Å². The standard InChI is InChI=1S/C24H32N2O3/c1-15-9-11-20(12-10-15)26-17(3)13-21(19(26)5)24(28)29-14-23(27)25-22-8-6-7-16(2)18(22)4/h9-13,16,18,22H,6-8,14H2,1-5H3,(H,25,27)/t16-,18-,22-/m0/s1. The Balaban J connectivity index is 1.63. The summed E-state index contributed by atoms with van der Waals surface area (Å²) in [6, 6.07) is 10.1. The molecule has 1 aromatic heterocycles. The van der Waals surface area contributed by atoms with Crippen LogP contribution in [0.2, 0.25) is 0 Å². The Morgan fingerprint density at radius 3 is 2.48 bits per heavy atom. The van der Waals surface area contributed by atoms with Gasteiger partial charge in [-0.3, -0.25) is 4.79 Å². The van der Waals surface area contributed by atoms with Crippen LogP contribution in [0.1, 0.15) is 60.4 Å². The molecule has 1 aliphatic carbocycles. The minimum absolute atomic E-state index is 0.163. The number of esters is 1. The molecule has 5 nitrogen and oxygen atoms in total. The van der Waals surface area contributed by atoms with E-state index in [1.54, 1.807) is 0 Å². The van der Waals surface area contributed by atoms with Gasteiger partial charge in [-0.2, -0.15) is 0 Å². The monoisotopic (exact) mass is 396 g/mol. The van der Waals surface area contributed by atoms with Gasteiger partial charge in [0.2, 0.25) is 0 Å². The lowest BCUT2D eigenvalue weighted by Gasteiger charge is -2.34. The van der Waals surface area contributed by atoms with E-state index in [-0.39, 0.29) is 18.6 Å². The predicted octanol–water partition coefficient (Wildman–Crippen LogP) is 4.50. The molecule has 1 saturated carbocycles. The number of ether oxygens (including phenoxy) is 1. The molecule has 5 heteroatoms. The van der Waals surface area contributed by atoms with Crippen LogP contribution in [0.5, 0.6) is 0 Å².